The van der Waals surface area contributed by atoms with Crippen LogP contribution in [0.25, 0.3) is 21.7 Å². The summed E-state index contributed by atoms with van der Waals surface area (Å²) >= 11 is 3.39. The molecule has 0 spiro atoms. The fourth-order valence-corrected chi connectivity index (χ4v) is 6.04. The summed E-state index contributed by atoms with van der Waals surface area (Å²) in [5, 5.41) is 10.9. The normalized spacial score (nSPS) is 15.0. The fraction of sp³-hybridized carbons (Fsp3) is 0.350. The van der Waals surface area contributed by atoms with Crippen LogP contribution in [0.2, 0.25) is 0 Å². The predicted octanol–water partition coefficient (Wildman–Crippen LogP) is 3.58. The maximum Gasteiger partial charge on any atom is 0.268 e. The fourth-order valence-electron chi connectivity index (χ4n) is 3.78. The smallest absolute Gasteiger partial charge is 0.268 e. The van der Waals surface area contributed by atoms with Gasteiger partial charge in [0.1, 0.15) is 4.83 Å². The second kappa shape index (κ2) is 6.72. The molecular weight excluding hydrogens is 390 g/mol. The van der Waals surface area contributed by atoms with Gasteiger partial charge in [0, 0.05) is 23.2 Å². The van der Waals surface area contributed by atoms with Gasteiger partial charge < -0.3 is 4.90 Å². The summed E-state index contributed by atoms with van der Waals surface area (Å²) in [4.78, 5) is 18.2. The second-order valence-electron chi connectivity index (χ2n) is 7.43. The summed E-state index contributed by atoms with van der Waals surface area (Å²) in [7, 11) is 2.13. The van der Waals surface area contributed by atoms with Crippen LogP contribution < -0.4 is 5.56 Å². The first-order chi connectivity index (χ1) is 13.5. The van der Waals surface area contributed by atoms with Crippen molar-refractivity contribution >= 4 is 39.1 Å². The highest BCUT2D eigenvalue weighted by Gasteiger charge is 2.26. The number of hydrogen-bond donors (Lipinski definition) is 0. The maximum absolute atomic E-state index is 13.7. The van der Waals surface area contributed by atoms with Gasteiger partial charge >= 0.3 is 0 Å². The summed E-state index contributed by atoms with van der Waals surface area (Å²) in [5.41, 5.74) is 2.02. The van der Waals surface area contributed by atoms with Crippen LogP contribution in [-0.4, -0.2) is 42.9 Å². The van der Waals surface area contributed by atoms with Crippen molar-refractivity contribution in [1.29, 1.82) is 0 Å². The molecule has 6 nitrogen and oxygen atoms in total. The summed E-state index contributed by atoms with van der Waals surface area (Å²) in [6.45, 7) is 6.14. The van der Waals surface area contributed by atoms with Crippen LogP contribution in [0.15, 0.2) is 40.3 Å². The minimum atomic E-state index is 0.00394. The third-order valence-corrected chi connectivity index (χ3v) is 7.17. The number of rotatable bonds is 3. The molecule has 0 atom stereocenters. The van der Waals surface area contributed by atoms with Gasteiger partial charge in [-0.15, -0.1) is 21.5 Å². The molecule has 4 heterocycles. The topological polar surface area (TPSA) is 55.4 Å². The molecule has 8 heteroatoms. The molecule has 1 aromatic carbocycles. The van der Waals surface area contributed by atoms with Gasteiger partial charge in [0.15, 0.2) is 5.16 Å². The summed E-state index contributed by atoms with van der Waals surface area (Å²) in [6, 6.07) is 9.74. The van der Waals surface area contributed by atoms with Crippen molar-refractivity contribution in [3.05, 3.63) is 51.1 Å². The molecule has 5 rings (SSSR count). The van der Waals surface area contributed by atoms with E-state index in [-0.39, 0.29) is 5.56 Å². The molecule has 1 aliphatic rings. The molecule has 28 heavy (non-hydrogen) atoms. The Kier molecular flexibility index (Phi) is 4.30. The standard InChI is InChI=1S/C20H21N5OS2/c1-12(2)27-20-22-21-19-24(13-7-5-4-6-8-13)17(26)16-14-9-10-23(3)11-15(14)28-18(16)25(19)20/h4-8,12H,9-11H2,1-3H3. The lowest BCUT2D eigenvalue weighted by Gasteiger charge is -2.21. The molecule has 0 saturated carbocycles. The van der Waals surface area contributed by atoms with Crippen molar-refractivity contribution in [2.45, 2.75) is 37.2 Å². The summed E-state index contributed by atoms with van der Waals surface area (Å²) in [6.07, 6.45) is 0.899. The Morgan fingerprint density at radius 1 is 1.18 bits per heavy atom. The van der Waals surface area contributed by atoms with E-state index < -0.39 is 0 Å². The highest BCUT2D eigenvalue weighted by molar-refractivity contribution is 7.99. The van der Waals surface area contributed by atoms with E-state index in [1.54, 1.807) is 27.7 Å². The van der Waals surface area contributed by atoms with Crippen LogP contribution in [0, 0.1) is 0 Å². The number of thioether (sulfide) groups is 1. The van der Waals surface area contributed by atoms with E-state index in [2.05, 4.69) is 40.4 Å². The Hall–Kier alpha value is -2.16. The number of thiophene rings is 1. The molecule has 0 bridgehead atoms. The van der Waals surface area contributed by atoms with Gasteiger partial charge in [-0.2, -0.15) is 0 Å². The van der Waals surface area contributed by atoms with Crippen molar-refractivity contribution in [1.82, 2.24) is 24.1 Å². The van der Waals surface area contributed by atoms with E-state index in [0.29, 0.717) is 11.0 Å². The molecule has 0 amide bonds. The van der Waals surface area contributed by atoms with Crippen LogP contribution in [-0.2, 0) is 13.0 Å². The summed E-state index contributed by atoms with van der Waals surface area (Å²) in [5.74, 6) is 0.582. The molecule has 144 valence electrons. The molecular formula is C20H21N5OS2. The van der Waals surface area contributed by atoms with Crippen LogP contribution in [0.1, 0.15) is 24.3 Å². The number of fused-ring (bicyclic) bond motifs is 5. The van der Waals surface area contributed by atoms with E-state index in [0.717, 1.165) is 40.6 Å². The molecule has 0 radical (unpaired) electrons. The SMILES string of the molecule is CC(C)Sc1nnc2n(-c3ccccc3)c(=O)c3c4c(sc3n12)CN(C)CC4. The molecule has 3 aromatic heterocycles. The van der Waals surface area contributed by atoms with E-state index in [1.165, 1.54) is 10.4 Å². The molecule has 4 aromatic rings. The number of likely N-dealkylation sites (N-methyl/N-ethyl adjacent to an activating group) is 1. The predicted molar refractivity (Wildman–Crippen MR) is 115 cm³/mol. The van der Waals surface area contributed by atoms with Crippen molar-refractivity contribution in [3.8, 4) is 5.69 Å². The highest BCUT2D eigenvalue weighted by Crippen LogP contribution is 2.35. The van der Waals surface area contributed by atoms with E-state index in [1.807, 2.05) is 30.3 Å². The largest absolute Gasteiger partial charge is 0.301 e. The van der Waals surface area contributed by atoms with E-state index in [9.17, 15) is 4.79 Å². The average molecular weight is 412 g/mol. The van der Waals surface area contributed by atoms with Crippen LogP contribution >= 0.6 is 23.1 Å². The zero-order valence-corrected chi connectivity index (χ0v) is 17.7. The van der Waals surface area contributed by atoms with Crippen LogP contribution in [0.4, 0.5) is 0 Å². The maximum atomic E-state index is 13.7. The van der Waals surface area contributed by atoms with Gasteiger partial charge in [-0.3, -0.25) is 4.79 Å². The Morgan fingerprint density at radius 2 is 1.96 bits per heavy atom. The van der Waals surface area contributed by atoms with Gasteiger partial charge in [-0.25, -0.2) is 8.97 Å². The zero-order chi connectivity index (χ0) is 19.4. The number of benzene rings is 1. The third kappa shape index (κ3) is 2.70. The molecule has 0 saturated heterocycles. The Bertz CT molecular complexity index is 1240. The number of nitrogens with zero attached hydrogens (tertiary/aromatic N) is 5. The average Bonchev–Trinajstić information content (AvgIpc) is 3.23. The van der Waals surface area contributed by atoms with Crippen molar-refractivity contribution in [2.75, 3.05) is 13.6 Å². The molecule has 0 N–H and O–H groups in total. The number of para-hydroxylation sites is 1. The first-order valence-corrected chi connectivity index (χ1v) is 11.1. The molecule has 0 unspecified atom stereocenters. The van der Waals surface area contributed by atoms with Crippen LogP contribution in [0.3, 0.4) is 0 Å². The first-order valence-electron chi connectivity index (χ1n) is 9.39. The van der Waals surface area contributed by atoms with E-state index in [4.69, 9.17) is 0 Å². The minimum Gasteiger partial charge on any atom is -0.301 e. The van der Waals surface area contributed by atoms with Crippen LogP contribution in [0.5, 0.6) is 0 Å². The first kappa shape index (κ1) is 17.9. The Balaban J connectivity index is 1.93. The number of aromatic nitrogens is 4. The molecule has 0 fully saturated rings. The second-order valence-corrected chi connectivity index (χ2v) is 10.1. The lowest BCUT2D eigenvalue weighted by Crippen LogP contribution is -2.27. The van der Waals surface area contributed by atoms with Gasteiger partial charge in [0.2, 0.25) is 5.78 Å². The monoisotopic (exact) mass is 411 g/mol. The molecule has 1 aliphatic heterocycles. The van der Waals surface area contributed by atoms with Gasteiger partial charge in [0.25, 0.3) is 5.56 Å². The number of hydrogen-bond acceptors (Lipinski definition) is 6. The molecule has 0 aliphatic carbocycles. The lowest BCUT2D eigenvalue weighted by atomic mass is 10.1. The van der Waals surface area contributed by atoms with Crippen molar-refractivity contribution < 1.29 is 0 Å². The van der Waals surface area contributed by atoms with E-state index >= 15 is 0 Å². The third-order valence-electron chi connectivity index (χ3n) is 5.02. The highest BCUT2D eigenvalue weighted by atomic mass is 32.2. The Morgan fingerprint density at radius 3 is 2.71 bits per heavy atom. The zero-order valence-electron chi connectivity index (χ0n) is 16.0. The van der Waals surface area contributed by atoms with Gasteiger partial charge in [-0.1, -0.05) is 43.8 Å². The van der Waals surface area contributed by atoms with Gasteiger partial charge in [0.05, 0.1) is 11.1 Å². The van der Waals surface area contributed by atoms with Crippen molar-refractivity contribution in [3.63, 3.8) is 0 Å². The van der Waals surface area contributed by atoms with Gasteiger partial charge in [-0.05, 0) is 31.2 Å². The quantitative estimate of drug-likeness (QED) is 0.482. The Labute approximate surface area is 170 Å². The summed E-state index contributed by atoms with van der Waals surface area (Å²) < 4.78 is 3.79. The van der Waals surface area contributed by atoms with Crippen molar-refractivity contribution in [2.24, 2.45) is 0 Å². The lowest BCUT2D eigenvalue weighted by molar-refractivity contribution is 0.318. The minimum absolute atomic E-state index is 0.00394.